The number of H-pyrrole nitrogens is 1. The third kappa shape index (κ3) is 1.51. The van der Waals surface area contributed by atoms with E-state index in [1.54, 1.807) is 0 Å². The molecule has 0 aliphatic rings. The Bertz CT molecular complexity index is 692. The molecule has 0 saturated carbocycles. The van der Waals surface area contributed by atoms with E-state index in [1.807, 2.05) is 24.6 Å². The van der Waals surface area contributed by atoms with Gasteiger partial charge in [0.25, 0.3) is 0 Å². The number of nitrogens with one attached hydrogen (secondary N) is 1. The summed E-state index contributed by atoms with van der Waals surface area (Å²) in [7, 11) is 1.93. The van der Waals surface area contributed by atoms with Crippen molar-refractivity contribution in [3.8, 4) is 11.6 Å². The van der Waals surface area contributed by atoms with Crippen LogP contribution in [-0.4, -0.2) is 24.7 Å². The molecule has 0 amide bonds. The molecule has 5 nitrogen and oxygen atoms in total. The number of fused-ring (bicyclic) bond motifs is 1. The lowest BCUT2D eigenvalue weighted by Gasteiger charge is -1.96. The minimum atomic E-state index is 0.758. The molecule has 5 heteroatoms. The zero-order chi connectivity index (χ0) is 12.0. The topological polar surface area (TPSA) is 59.4 Å². The van der Waals surface area contributed by atoms with Gasteiger partial charge in [-0.3, -0.25) is 0 Å². The van der Waals surface area contributed by atoms with Gasteiger partial charge in [-0.2, -0.15) is 0 Å². The van der Waals surface area contributed by atoms with Gasteiger partial charge in [-0.15, -0.1) is 10.2 Å². The molecule has 0 aliphatic heterocycles. The van der Waals surface area contributed by atoms with Crippen LogP contribution >= 0.6 is 0 Å². The SMILES string of the molecule is Cc1ccc2nc(-c3nnc(C)n3C)[nH]c2c1. The molecule has 3 aromatic rings. The summed E-state index contributed by atoms with van der Waals surface area (Å²) >= 11 is 0. The zero-order valence-electron chi connectivity index (χ0n) is 10.0. The lowest BCUT2D eigenvalue weighted by molar-refractivity contribution is 0.859. The summed E-state index contributed by atoms with van der Waals surface area (Å²) in [5, 5.41) is 8.16. The number of aryl methyl sites for hydroxylation is 2. The fourth-order valence-corrected chi connectivity index (χ4v) is 1.84. The Kier molecular flexibility index (Phi) is 2.01. The van der Waals surface area contributed by atoms with Gasteiger partial charge in [0.15, 0.2) is 11.6 Å². The van der Waals surface area contributed by atoms with Gasteiger partial charge in [-0.25, -0.2) is 4.98 Å². The van der Waals surface area contributed by atoms with E-state index in [-0.39, 0.29) is 0 Å². The van der Waals surface area contributed by atoms with Gasteiger partial charge in [-0.1, -0.05) is 6.07 Å². The van der Waals surface area contributed by atoms with Crippen molar-refractivity contribution >= 4 is 11.0 Å². The molecule has 1 N–H and O–H groups in total. The molecule has 0 unspecified atom stereocenters. The minimum absolute atomic E-state index is 0.758. The number of benzene rings is 1. The van der Waals surface area contributed by atoms with Crippen LogP contribution in [0.2, 0.25) is 0 Å². The molecule has 0 atom stereocenters. The Balaban J connectivity index is 2.21. The van der Waals surface area contributed by atoms with Crippen LogP contribution in [-0.2, 0) is 7.05 Å². The second-order valence-corrected chi connectivity index (χ2v) is 4.24. The summed E-state index contributed by atoms with van der Waals surface area (Å²) in [6, 6.07) is 6.14. The molecule has 0 bridgehead atoms. The van der Waals surface area contributed by atoms with E-state index >= 15 is 0 Å². The molecule has 0 radical (unpaired) electrons. The van der Waals surface area contributed by atoms with E-state index < -0.39 is 0 Å². The van der Waals surface area contributed by atoms with Crippen LogP contribution in [0.5, 0.6) is 0 Å². The van der Waals surface area contributed by atoms with Gasteiger partial charge >= 0.3 is 0 Å². The average Bonchev–Trinajstić information content (AvgIpc) is 2.83. The predicted molar refractivity (Wildman–Crippen MR) is 65.6 cm³/mol. The molecule has 3 rings (SSSR count). The molecule has 0 fully saturated rings. The number of hydrogen-bond acceptors (Lipinski definition) is 3. The first-order valence-corrected chi connectivity index (χ1v) is 5.48. The zero-order valence-corrected chi connectivity index (χ0v) is 10.0. The summed E-state index contributed by atoms with van der Waals surface area (Å²) in [5.74, 6) is 2.39. The molecule has 2 aromatic heterocycles. The Hall–Kier alpha value is -2.17. The number of aromatic amines is 1. The highest BCUT2D eigenvalue weighted by Crippen LogP contribution is 2.19. The molecule has 0 saturated heterocycles. The van der Waals surface area contributed by atoms with Crippen molar-refractivity contribution in [3.05, 3.63) is 29.6 Å². The number of nitrogens with zero attached hydrogens (tertiary/aromatic N) is 4. The normalized spacial score (nSPS) is 11.2. The van der Waals surface area contributed by atoms with Crippen LogP contribution in [0, 0.1) is 13.8 Å². The Labute approximate surface area is 98.5 Å². The lowest BCUT2D eigenvalue weighted by Crippen LogP contribution is -1.95. The van der Waals surface area contributed by atoms with Crippen LogP contribution in [0.1, 0.15) is 11.4 Å². The molecule has 2 heterocycles. The first-order chi connectivity index (χ1) is 8.15. The van der Waals surface area contributed by atoms with E-state index in [2.05, 4.69) is 39.2 Å². The van der Waals surface area contributed by atoms with E-state index in [9.17, 15) is 0 Å². The van der Waals surface area contributed by atoms with Crippen molar-refractivity contribution in [2.45, 2.75) is 13.8 Å². The average molecular weight is 227 g/mol. The summed E-state index contributed by atoms with van der Waals surface area (Å²) in [5.41, 5.74) is 3.19. The van der Waals surface area contributed by atoms with E-state index in [1.165, 1.54) is 5.56 Å². The third-order valence-corrected chi connectivity index (χ3v) is 2.94. The largest absolute Gasteiger partial charge is 0.335 e. The minimum Gasteiger partial charge on any atom is -0.335 e. The van der Waals surface area contributed by atoms with Gasteiger partial charge in [-0.05, 0) is 31.5 Å². The smallest absolute Gasteiger partial charge is 0.199 e. The maximum absolute atomic E-state index is 4.52. The van der Waals surface area contributed by atoms with Crippen molar-refractivity contribution in [1.29, 1.82) is 0 Å². The number of rotatable bonds is 1. The summed E-state index contributed by atoms with van der Waals surface area (Å²) in [6.45, 7) is 3.98. The number of aromatic nitrogens is 5. The monoisotopic (exact) mass is 227 g/mol. The molecule has 0 aliphatic carbocycles. The quantitative estimate of drug-likeness (QED) is 0.691. The van der Waals surface area contributed by atoms with E-state index in [0.29, 0.717) is 0 Å². The lowest BCUT2D eigenvalue weighted by atomic mass is 10.2. The van der Waals surface area contributed by atoms with Gasteiger partial charge in [0, 0.05) is 7.05 Å². The highest BCUT2D eigenvalue weighted by atomic mass is 15.3. The van der Waals surface area contributed by atoms with Gasteiger partial charge < -0.3 is 9.55 Å². The highest BCUT2D eigenvalue weighted by Gasteiger charge is 2.12. The van der Waals surface area contributed by atoms with Crippen molar-refractivity contribution < 1.29 is 0 Å². The first kappa shape index (κ1) is 10.0. The standard InChI is InChI=1S/C12H13N5/c1-7-4-5-9-10(6-7)14-11(13-9)12-16-15-8(2)17(12)3/h4-6H,1-3H3,(H,13,14). The predicted octanol–water partition coefficient (Wildman–Crippen LogP) is 1.98. The first-order valence-electron chi connectivity index (χ1n) is 5.48. The van der Waals surface area contributed by atoms with Crippen LogP contribution in [0.25, 0.3) is 22.7 Å². The van der Waals surface area contributed by atoms with Crippen LogP contribution in [0.3, 0.4) is 0 Å². The molecule has 86 valence electrons. The molecule has 0 spiro atoms. The molecule has 1 aromatic carbocycles. The summed E-state index contributed by atoms with van der Waals surface area (Å²) in [4.78, 5) is 7.79. The Morgan fingerprint density at radius 1 is 1.18 bits per heavy atom. The molecule has 17 heavy (non-hydrogen) atoms. The molecular weight excluding hydrogens is 214 g/mol. The fraction of sp³-hybridized carbons (Fsp3) is 0.250. The van der Waals surface area contributed by atoms with Crippen molar-refractivity contribution in [3.63, 3.8) is 0 Å². The Morgan fingerprint density at radius 3 is 2.71 bits per heavy atom. The van der Waals surface area contributed by atoms with Crippen molar-refractivity contribution in [1.82, 2.24) is 24.7 Å². The summed E-state index contributed by atoms with van der Waals surface area (Å²) in [6.07, 6.45) is 0. The van der Waals surface area contributed by atoms with E-state index in [0.717, 1.165) is 28.5 Å². The second-order valence-electron chi connectivity index (χ2n) is 4.24. The highest BCUT2D eigenvalue weighted by molar-refractivity contribution is 5.78. The number of hydrogen-bond donors (Lipinski definition) is 1. The van der Waals surface area contributed by atoms with Crippen LogP contribution in [0.15, 0.2) is 18.2 Å². The van der Waals surface area contributed by atoms with Crippen molar-refractivity contribution in [2.24, 2.45) is 7.05 Å². The molecular formula is C12H13N5. The summed E-state index contributed by atoms with van der Waals surface area (Å²) < 4.78 is 1.92. The van der Waals surface area contributed by atoms with Gasteiger partial charge in [0.05, 0.1) is 11.0 Å². The van der Waals surface area contributed by atoms with E-state index in [4.69, 9.17) is 0 Å². The van der Waals surface area contributed by atoms with Gasteiger partial charge in [0.2, 0.25) is 0 Å². The fourth-order valence-electron chi connectivity index (χ4n) is 1.84. The maximum atomic E-state index is 4.52. The van der Waals surface area contributed by atoms with Crippen LogP contribution < -0.4 is 0 Å². The van der Waals surface area contributed by atoms with Crippen molar-refractivity contribution in [2.75, 3.05) is 0 Å². The maximum Gasteiger partial charge on any atom is 0.199 e. The number of imidazole rings is 1. The second kappa shape index (κ2) is 3.41. The van der Waals surface area contributed by atoms with Gasteiger partial charge in [0.1, 0.15) is 5.82 Å². The Morgan fingerprint density at radius 2 is 2.00 bits per heavy atom. The third-order valence-electron chi connectivity index (χ3n) is 2.94. The van der Waals surface area contributed by atoms with Crippen LogP contribution in [0.4, 0.5) is 0 Å².